The maximum atomic E-state index is 5.97. The van der Waals surface area contributed by atoms with Gasteiger partial charge in [0, 0.05) is 16.8 Å². The minimum absolute atomic E-state index is 0.125. The molecule has 1 unspecified atom stereocenters. The van der Waals surface area contributed by atoms with Crippen LogP contribution in [-0.2, 0) is 4.74 Å². The zero-order chi connectivity index (χ0) is 15.6. The zero-order valence-corrected chi connectivity index (χ0v) is 14.3. The van der Waals surface area contributed by atoms with Crippen molar-refractivity contribution in [3.05, 3.63) is 28.5 Å². The van der Waals surface area contributed by atoms with E-state index in [4.69, 9.17) is 15.0 Å². The first-order valence-corrected chi connectivity index (χ1v) is 7.63. The summed E-state index contributed by atoms with van der Waals surface area (Å²) in [4.78, 5) is 4.46. The van der Waals surface area contributed by atoms with Crippen LogP contribution < -0.4 is 5.73 Å². The second kappa shape index (κ2) is 6.15. The molecule has 2 rings (SSSR count). The van der Waals surface area contributed by atoms with Crippen molar-refractivity contribution in [1.29, 1.82) is 0 Å². The molecule has 5 nitrogen and oxygen atoms in total. The summed E-state index contributed by atoms with van der Waals surface area (Å²) >= 11 is 3.42. The number of benzene rings is 1. The predicted molar refractivity (Wildman–Crippen MR) is 85.7 cm³/mol. The molecule has 1 heterocycles. The Bertz CT molecular complexity index is 620. The number of hydrogen-bond donors (Lipinski definition) is 1. The fourth-order valence-electron chi connectivity index (χ4n) is 2.04. The van der Waals surface area contributed by atoms with Gasteiger partial charge in [-0.3, -0.25) is 0 Å². The topological polar surface area (TPSA) is 74.2 Å². The van der Waals surface area contributed by atoms with Crippen LogP contribution in [0.3, 0.4) is 0 Å². The molecule has 0 spiro atoms. The second-order valence-corrected chi connectivity index (χ2v) is 6.81. The van der Waals surface area contributed by atoms with E-state index in [0.29, 0.717) is 29.6 Å². The quantitative estimate of drug-likeness (QED) is 0.833. The summed E-state index contributed by atoms with van der Waals surface area (Å²) in [6.45, 7) is 8.78. The van der Waals surface area contributed by atoms with E-state index >= 15 is 0 Å². The van der Waals surface area contributed by atoms with Crippen molar-refractivity contribution in [2.24, 2.45) is 5.41 Å². The van der Waals surface area contributed by atoms with Gasteiger partial charge in [-0.25, -0.2) is 0 Å². The van der Waals surface area contributed by atoms with E-state index in [0.717, 1.165) is 4.47 Å². The first-order valence-electron chi connectivity index (χ1n) is 6.83. The Morgan fingerprint density at radius 3 is 2.71 bits per heavy atom. The van der Waals surface area contributed by atoms with Gasteiger partial charge in [0.2, 0.25) is 5.82 Å². The Morgan fingerprint density at radius 1 is 1.38 bits per heavy atom. The van der Waals surface area contributed by atoms with Crippen LogP contribution in [0.1, 0.15) is 39.6 Å². The van der Waals surface area contributed by atoms with Crippen molar-refractivity contribution in [2.75, 3.05) is 12.3 Å². The Kier molecular flexibility index (Phi) is 4.68. The number of hydrogen-bond acceptors (Lipinski definition) is 5. The maximum Gasteiger partial charge on any atom is 0.260 e. The van der Waals surface area contributed by atoms with Gasteiger partial charge in [-0.1, -0.05) is 41.9 Å². The first kappa shape index (κ1) is 16.0. The molecule has 6 heteroatoms. The van der Waals surface area contributed by atoms with E-state index in [9.17, 15) is 0 Å². The van der Waals surface area contributed by atoms with E-state index in [1.807, 2.05) is 19.1 Å². The number of nitrogen functional groups attached to an aromatic ring is 1. The molecule has 2 aromatic rings. The molecular formula is C15H20BrN3O2. The highest BCUT2D eigenvalue weighted by Gasteiger charge is 2.31. The van der Waals surface area contributed by atoms with Gasteiger partial charge >= 0.3 is 0 Å². The number of halogens is 1. The summed E-state index contributed by atoms with van der Waals surface area (Å²) in [5.41, 5.74) is 7.16. The van der Waals surface area contributed by atoms with Crippen LogP contribution in [0.4, 0.5) is 5.69 Å². The minimum atomic E-state index is -0.228. The van der Waals surface area contributed by atoms with Crippen LogP contribution in [-0.4, -0.2) is 16.7 Å². The Labute approximate surface area is 133 Å². The van der Waals surface area contributed by atoms with Crippen LogP contribution >= 0.6 is 15.9 Å². The summed E-state index contributed by atoms with van der Waals surface area (Å²) < 4.78 is 12.0. The third kappa shape index (κ3) is 3.63. The van der Waals surface area contributed by atoms with Crippen molar-refractivity contribution in [2.45, 2.75) is 33.8 Å². The van der Waals surface area contributed by atoms with Gasteiger partial charge in [0.05, 0.1) is 5.56 Å². The van der Waals surface area contributed by atoms with Crippen molar-refractivity contribution in [1.82, 2.24) is 10.1 Å². The molecule has 2 N–H and O–H groups in total. The number of ether oxygens (including phenoxy) is 1. The molecule has 0 saturated heterocycles. The molecule has 0 fully saturated rings. The van der Waals surface area contributed by atoms with Crippen LogP contribution in [0.15, 0.2) is 27.2 Å². The lowest BCUT2D eigenvalue weighted by molar-refractivity contribution is -0.0203. The number of nitrogens with two attached hydrogens (primary N) is 1. The number of aromatic nitrogens is 2. The van der Waals surface area contributed by atoms with E-state index in [2.05, 4.69) is 46.8 Å². The molecule has 1 aromatic carbocycles. The smallest absolute Gasteiger partial charge is 0.260 e. The lowest BCUT2D eigenvalue weighted by Gasteiger charge is -2.27. The van der Waals surface area contributed by atoms with E-state index in [1.54, 1.807) is 6.07 Å². The average molecular weight is 354 g/mol. The normalized spacial score (nSPS) is 13.4. The summed E-state index contributed by atoms with van der Waals surface area (Å²) in [5.74, 6) is 0.941. The lowest BCUT2D eigenvalue weighted by Crippen LogP contribution is -2.22. The molecule has 0 bridgehead atoms. The standard InChI is InChI=1S/C15H20BrN3O2/c1-5-20-12(15(2,3)4)13-18-14(21-19-13)10-8-9(16)6-7-11(10)17/h6-8,12H,5,17H2,1-4H3. The fraction of sp³-hybridized carbons (Fsp3) is 0.467. The predicted octanol–water partition coefficient (Wildman–Crippen LogP) is 4.21. The Morgan fingerprint density at radius 2 is 2.10 bits per heavy atom. The first-order chi connectivity index (χ1) is 9.82. The molecule has 21 heavy (non-hydrogen) atoms. The van der Waals surface area contributed by atoms with E-state index in [-0.39, 0.29) is 11.5 Å². The van der Waals surface area contributed by atoms with E-state index in [1.165, 1.54) is 0 Å². The zero-order valence-electron chi connectivity index (χ0n) is 12.7. The third-order valence-electron chi connectivity index (χ3n) is 3.04. The summed E-state index contributed by atoms with van der Waals surface area (Å²) in [6, 6.07) is 5.53. The van der Waals surface area contributed by atoms with Crippen molar-refractivity contribution >= 4 is 21.6 Å². The van der Waals surface area contributed by atoms with Gasteiger partial charge in [-0.15, -0.1) is 0 Å². The van der Waals surface area contributed by atoms with E-state index < -0.39 is 0 Å². The molecule has 0 radical (unpaired) electrons. The van der Waals surface area contributed by atoms with Crippen LogP contribution in [0, 0.1) is 5.41 Å². The minimum Gasteiger partial charge on any atom is -0.398 e. The van der Waals surface area contributed by atoms with Gasteiger partial charge in [-0.05, 0) is 30.5 Å². The SMILES string of the molecule is CCOC(c1noc(-c2cc(Br)ccc2N)n1)C(C)(C)C. The summed E-state index contributed by atoms with van der Waals surface area (Å²) in [7, 11) is 0. The number of rotatable bonds is 4. The van der Waals surface area contributed by atoms with Gasteiger partial charge in [0.15, 0.2) is 0 Å². The van der Waals surface area contributed by atoms with Crippen molar-refractivity contribution in [3.63, 3.8) is 0 Å². The highest BCUT2D eigenvalue weighted by molar-refractivity contribution is 9.10. The van der Waals surface area contributed by atoms with Gasteiger partial charge in [0.1, 0.15) is 6.10 Å². The third-order valence-corrected chi connectivity index (χ3v) is 3.54. The van der Waals surface area contributed by atoms with Gasteiger partial charge < -0.3 is 15.0 Å². The molecule has 0 amide bonds. The molecular weight excluding hydrogens is 334 g/mol. The Hall–Kier alpha value is -1.40. The monoisotopic (exact) mass is 353 g/mol. The highest BCUT2D eigenvalue weighted by atomic mass is 79.9. The highest BCUT2D eigenvalue weighted by Crippen LogP contribution is 2.36. The average Bonchev–Trinajstić information content (AvgIpc) is 2.86. The maximum absolute atomic E-state index is 5.97. The molecule has 0 aliphatic heterocycles. The summed E-state index contributed by atoms with van der Waals surface area (Å²) in [5, 5.41) is 4.07. The Balaban J connectivity index is 2.38. The largest absolute Gasteiger partial charge is 0.398 e. The van der Waals surface area contributed by atoms with Crippen LogP contribution in [0.2, 0.25) is 0 Å². The molecule has 0 aliphatic rings. The number of nitrogens with zero attached hydrogens (tertiary/aromatic N) is 2. The molecule has 114 valence electrons. The van der Waals surface area contributed by atoms with Crippen molar-refractivity contribution < 1.29 is 9.26 Å². The van der Waals surface area contributed by atoms with Gasteiger partial charge in [0.25, 0.3) is 5.89 Å². The second-order valence-electron chi connectivity index (χ2n) is 5.89. The van der Waals surface area contributed by atoms with Crippen molar-refractivity contribution in [3.8, 4) is 11.5 Å². The van der Waals surface area contributed by atoms with Crippen LogP contribution in [0.25, 0.3) is 11.5 Å². The lowest BCUT2D eigenvalue weighted by atomic mass is 9.88. The van der Waals surface area contributed by atoms with Crippen LogP contribution in [0.5, 0.6) is 0 Å². The van der Waals surface area contributed by atoms with Gasteiger partial charge in [-0.2, -0.15) is 4.98 Å². The molecule has 1 atom stereocenters. The fourth-order valence-corrected chi connectivity index (χ4v) is 2.40. The molecule has 1 aromatic heterocycles. The molecule has 0 saturated carbocycles. The molecule has 0 aliphatic carbocycles. The summed E-state index contributed by atoms with van der Waals surface area (Å²) in [6.07, 6.45) is -0.228. The number of anilines is 1.